The van der Waals surface area contributed by atoms with Crippen LogP contribution in [-0.2, 0) is 16.0 Å². The highest BCUT2D eigenvalue weighted by atomic mass is 32.1. The largest absolute Gasteiger partial charge is 0.493 e. The lowest BCUT2D eigenvalue weighted by molar-refractivity contribution is -0.146. The first-order chi connectivity index (χ1) is 11.1. The van der Waals surface area contributed by atoms with E-state index in [1.807, 2.05) is 12.1 Å². The molecule has 1 fully saturated rings. The Bertz CT molecular complexity index is 760. The minimum atomic E-state index is -0.268. The van der Waals surface area contributed by atoms with Gasteiger partial charge in [-0.25, -0.2) is 4.98 Å². The number of thiazole rings is 1. The smallest absolute Gasteiger partial charge is 0.302 e. The number of fused-ring (bicyclic) bond motifs is 3. The molecule has 7 heteroatoms. The number of hydrogen-bond donors (Lipinski definition) is 2. The SMILES string of the molecule is CC(=O)O[C@@H]1CC[C@@H](N)[C@H]1Nc1nc2c3c(ccc2s1)OCC3. The van der Waals surface area contributed by atoms with Crippen molar-refractivity contribution in [2.45, 2.75) is 44.4 Å². The number of rotatable bonds is 3. The van der Waals surface area contributed by atoms with Crippen LogP contribution in [0.25, 0.3) is 10.2 Å². The molecule has 0 spiro atoms. The molecule has 3 atom stereocenters. The first kappa shape index (κ1) is 14.7. The van der Waals surface area contributed by atoms with Crippen LogP contribution in [0.15, 0.2) is 12.1 Å². The summed E-state index contributed by atoms with van der Waals surface area (Å²) in [6.07, 6.45) is 2.33. The fraction of sp³-hybridized carbons (Fsp3) is 0.500. The van der Waals surface area contributed by atoms with Crippen LogP contribution in [0.2, 0.25) is 0 Å². The van der Waals surface area contributed by atoms with Crippen molar-refractivity contribution in [1.29, 1.82) is 0 Å². The second-order valence-corrected chi connectivity index (χ2v) is 7.10. The number of esters is 1. The Hall–Kier alpha value is -1.86. The third-order valence-corrected chi connectivity index (χ3v) is 5.44. The zero-order valence-electron chi connectivity index (χ0n) is 12.9. The van der Waals surface area contributed by atoms with Gasteiger partial charge in [0.15, 0.2) is 5.13 Å². The predicted octanol–water partition coefficient (Wildman–Crippen LogP) is 2.06. The molecule has 3 N–H and O–H groups in total. The van der Waals surface area contributed by atoms with Crippen molar-refractivity contribution >= 4 is 32.7 Å². The molecule has 0 saturated heterocycles. The summed E-state index contributed by atoms with van der Waals surface area (Å²) >= 11 is 1.60. The van der Waals surface area contributed by atoms with E-state index in [0.29, 0.717) is 0 Å². The fourth-order valence-electron chi connectivity index (χ4n) is 3.41. The van der Waals surface area contributed by atoms with Crippen molar-refractivity contribution in [3.8, 4) is 5.75 Å². The van der Waals surface area contributed by atoms with Crippen molar-refractivity contribution < 1.29 is 14.3 Å². The number of nitrogens with zero attached hydrogens (tertiary/aromatic N) is 1. The van der Waals surface area contributed by atoms with E-state index < -0.39 is 0 Å². The number of anilines is 1. The summed E-state index contributed by atoms with van der Waals surface area (Å²) in [6, 6.07) is 3.92. The van der Waals surface area contributed by atoms with Gasteiger partial charge in [0.2, 0.25) is 0 Å². The Labute approximate surface area is 138 Å². The molecule has 0 bridgehead atoms. The van der Waals surface area contributed by atoms with Gasteiger partial charge in [-0.15, -0.1) is 0 Å². The van der Waals surface area contributed by atoms with Gasteiger partial charge in [-0.1, -0.05) is 11.3 Å². The molecule has 6 nitrogen and oxygen atoms in total. The van der Waals surface area contributed by atoms with Crippen LogP contribution in [0, 0.1) is 0 Å². The van der Waals surface area contributed by atoms with E-state index in [1.54, 1.807) is 11.3 Å². The van der Waals surface area contributed by atoms with Gasteiger partial charge >= 0.3 is 5.97 Å². The average Bonchev–Trinajstić information content (AvgIpc) is 3.19. The minimum Gasteiger partial charge on any atom is -0.493 e. The molecule has 0 unspecified atom stereocenters. The summed E-state index contributed by atoms with van der Waals surface area (Å²) in [5.41, 5.74) is 8.36. The first-order valence-corrected chi connectivity index (χ1v) is 8.68. The Morgan fingerprint density at radius 1 is 1.48 bits per heavy atom. The van der Waals surface area contributed by atoms with Gasteiger partial charge in [-0.05, 0) is 25.0 Å². The number of benzene rings is 1. The highest BCUT2D eigenvalue weighted by molar-refractivity contribution is 7.22. The van der Waals surface area contributed by atoms with Gasteiger partial charge in [-0.3, -0.25) is 4.79 Å². The second-order valence-electron chi connectivity index (χ2n) is 6.07. The van der Waals surface area contributed by atoms with E-state index in [2.05, 4.69) is 5.32 Å². The second kappa shape index (κ2) is 5.65. The summed E-state index contributed by atoms with van der Waals surface area (Å²) < 4.78 is 12.1. The molecule has 1 aromatic heterocycles. The van der Waals surface area contributed by atoms with Gasteiger partial charge in [0.1, 0.15) is 11.9 Å². The molecule has 1 saturated carbocycles. The average molecular weight is 333 g/mol. The molecular formula is C16H19N3O3S. The lowest BCUT2D eigenvalue weighted by Crippen LogP contribution is -2.43. The molecule has 4 rings (SSSR count). The Morgan fingerprint density at radius 3 is 3.17 bits per heavy atom. The van der Waals surface area contributed by atoms with Crippen LogP contribution >= 0.6 is 11.3 Å². The maximum Gasteiger partial charge on any atom is 0.302 e. The van der Waals surface area contributed by atoms with Crippen molar-refractivity contribution in [3.63, 3.8) is 0 Å². The molecule has 23 heavy (non-hydrogen) atoms. The molecular weight excluding hydrogens is 314 g/mol. The molecule has 2 heterocycles. The van der Waals surface area contributed by atoms with E-state index in [1.165, 1.54) is 12.5 Å². The number of ether oxygens (including phenoxy) is 2. The van der Waals surface area contributed by atoms with E-state index in [-0.39, 0.29) is 24.2 Å². The minimum absolute atomic E-state index is 0.0413. The monoisotopic (exact) mass is 333 g/mol. The van der Waals surface area contributed by atoms with Crippen molar-refractivity contribution in [2.24, 2.45) is 5.73 Å². The number of carbonyl (C=O) groups is 1. The molecule has 2 aromatic rings. The summed E-state index contributed by atoms with van der Waals surface area (Å²) in [7, 11) is 0. The van der Waals surface area contributed by atoms with Gasteiger partial charge in [0.25, 0.3) is 0 Å². The normalized spacial score (nSPS) is 26.1. The van der Waals surface area contributed by atoms with Crippen molar-refractivity contribution in [1.82, 2.24) is 4.98 Å². The molecule has 0 amide bonds. The zero-order chi connectivity index (χ0) is 16.0. The van der Waals surface area contributed by atoms with Crippen LogP contribution < -0.4 is 15.8 Å². The number of nitrogens with two attached hydrogens (primary N) is 1. The van der Waals surface area contributed by atoms with Crippen molar-refractivity contribution in [3.05, 3.63) is 17.7 Å². The van der Waals surface area contributed by atoms with Crippen LogP contribution in [0.3, 0.4) is 0 Å². The topological polar surface area (TPSA) is 86.5 Å². The maximum absolute atomic E-state index is 11.3. The number of nitrogens with one attached hydrogen (secondary N) is 1. The Morgan fingerprint density at radius 2 is 2.35 bits per heavy atom. The van der Waals surface area contributed by atoms with E-state index in [4.69, 9.17) is 20.2 Å². The molecule has 0 radical (unpaired) electrons. The van der Waals surface area contributed by atoms with Gasteiger partial charge in [0.05, 0.1) is 22.9 Å². The van der Waals surface area contributed by atoms with E-state index in [9.17, 15) is 4.79 Å². The van der Waals surface area contributed by atoms with E-state index in [0.717, 1.165) is 47.0 Å². The quantitative estimate of drug-likeness (QED) is 0.836. The standard InChI is InChI=1S/C16H19N3O3S/c1-8(20)22-12-3-2-10(17)15(12)19-16-18-14-9-6-7-21-11(9)4-5-13(14)23-16/h4-5,10,12,15H,2-3,6-7,17H2,1H3,(H,18,19)/t10-,12-,15-/m1/s1. The van der Waals surface area contributed by atoms with Crippen molar-refractivity contribution in [2.75, 3.05) is 11.9 Å². The predicted molar refractivity (Wildman–Crippen MR) is 89.0 cm³/mol. The van der Waals surface area contributed by atoms with Gasteiger partial charge in [-0.2, -0.15) is 0 Å². The van der Waals surface area contributed by atoms with Crippen LogP contribution in [0.1, 0.15) is 25.3 Å². The molecule has 122 valence electrons. The summed E-state index contributed by atoms with van der Waals surface area (Å²) in [4.78, 5) is 16.0. The highest BCUT2D eigenvalue weighted by Crippen LogP contribution is 2.37. The van der Waals surface area contributed by atoms with Crippen LogP contribution in [-0.4, -0.2) is 35.7 Å². The third kappa shape index (κ3) is 2.64. The highest BCUT2D eigenvalue weighted by Gasteiger charge is 2.36. The molecule has 1 aliphatic carbocycles. The zero-order valence-corrected chi connectivity index (χ0v) is 13.7. The first-order valence-electron chi connectivity index (χ1n) is 7.86. The fourth-order valence-corrected chi connectivity index (χ4v) is 4.35. The Balaban J connectivity index is 1.61. The third-order valence-electron chi connectivity index (χ3n) is 4.49. The lowest BCUT2D eigenvalue weighted by atomic mass is 10.1. The maximum atomic E-state index is 11.3. The Kier molecular flexibility index (Phi) is 3.61. The number of aromatic nitrogens is 1. The summed E-state index contributed by atoms with van der Waals surface area (Å²) in [5, 5.41) is 4.21. The molecule has 1 aromatic carbocycles. The van der Waals surface area contributed by atoms with E-state index >= 15 is 0 Å². The van der Waals surface area contributed by atoms with Crippen LogP contribution in [0.4, 0.5) is 5.13 Å². The number of hydrogen-bond acceptors (Lipinski definition) is 7. The molecule has 1 aliphatic heterocycles. The summed E-state index contributed by atoms with van der Waals surface area (Å²) in [5.74, 6) is 0.667. The van der Waals surface area contributed by atoms with Crippen LogP contribution in [0.5, 0.6) is 5.75 Å². The lowest BCUT2D eigenvalue weighted by Gasteiger charge is -2.23. The van der Waals surface area contributed by atoms with Gasteiger partial charge in [0, 0.05) is 24.9 Å². The number of carbonyl (C=O) groups excluding carboxylic acids is 1. The summed E-state index contributed by atoms with van der Waals surface area (Å²) in [6.45, 7) is 2.15. The van der Waals surface area contributed by atoms with Gasteiger partial charge < -0.3 is 20.5 Å². The molecule has 2 aliphatic rings.